The highest BCUT2D eigenvalue weighted by molar-refractivity contribution is 5.99. The maximum absolute atomic E-state index is 13.5. The molecule has 5 heteroatoms. The number of carbonyl (C=O) groups excluding carboxylic acids is 1. The van der Waals surface area contributed by atoms with Gasteiger partial charge in [-0.05, 0) is 59.5 Å². The predicted molar refractivity (Wildman–Crippen MR) is 139 cm³/mol. The van der Waals surface area contributed by atoms with Crippen molar-refractivity contribution in [3.05, 3.63) is 131 Å². The molecule has 0 fully saturated rings. The number of benzene rings is 4. The van der Waals surface area contributed by atoms with E-state index in [1.165, 1.54) is 12.1 Å². The number of Topliss-reactive ketones (excluding diaryl/α,β-unsaturated/α-hetero) is 1. The second-order valence-electron chi connectivity index (χ2n) is 8.70. The van der Waals surface area contributed by atoms with E-state index in [0.29, 0.717) is 48.6 Å². The van der Waals surface area contributed by atoms with E-state index in [1.54, 1.807) is 12.1 Å². The lowest BCUT2D eigenvalue weighted by Gasteiger charge is -2.13. The zero-order chi connectivity index (χ0) is 24.7. The molecule has 0 saturated carbocycles. The molecular formula is C31H26FNO3. The van der Waals surface area contributed by atoms with E-state index in [4.69, 9.17) is 9.47 Å². The number of carbonyl (C=O) groups is 1. The number of rotatable bonds is 10. The molecule has 0 saturated heterocycles. The van der Waals surface area contributed by atoms with Crippen molar-refractivity contribution >= 4 is 16.7 Å². The Bertz CT molecular complexity index is 1400. The number of hydrogen-bond donors (Lipinski definition) is 1. The molecule has 0 aliphatic rings. The molecule has 0 spiro atoms. The lowest BCUT2D eigenvalue weighted by atomic mass is 10.1. The lowest BCUT2D eigenvalue weighted by Crippen LogP contribution is -2.03. The van der Waals surface area contributed by atoms with Gasteiger partial charge in [0.15, 0.2) is 5.78 Å². The molecule has 0 radical (unpaired) electrons. The zero-order valence-corrected chi connectivity index (χ0v) is 19.7. The van der Waals surface area contributed by atoms with Crippen LogP contribution in [-0.2, 0) is 19.6 Å². The molecule has 0 amide bonds. The van der Waals surface area contributed by atoms with Gasteiger partial charge >= 0.3 is 0 Å². The van der Waals surface area contributed by atoms with Crippen molar-refractivity contribution < 1.29 is 18.7 Å². The summed E-state index contributed by atoms with van der Waals surface area (Å²) in [6.07, 6.45) is 0.822. The zero-order valence-electron chi connectivity index (χ0n) is 19.7. The third-order valence-corrected chi connectivity index (χ3v) is 5.96. The number of halogens is 1. The first-order valence-electron chi connectivity index (χ1n) is 11.9. The lowest BCUT2D eigenvalue weighted by molar-refractivity contribution is 0.0978. The number of aromatic amines is 1. The number of nitrogens with one attached hydrogen (secondary N) is 1. The van der Waals surface area contributed by atoms with Crippen molar-refractivity contribution in [1.82, 2.24) is 4.98 Å². The normalized spacial score (nSPS) is 10.9. The minimum atomic E-state index is -0.323. The smallest absolute Gasteiger partial charge is 0.179 e. The Morgan fingerprint density at radius 3 is 1.92 bits per heavy atom. The third-order valence-electron chi connectivity index (χ3n) is 5.96. The Morgan fingerprint density at radius 1 is 0.694 bits per heavy atom. The van der Waals surface area contributed by atoms with Gasteiger partial charge in [0, 0.05) is 23.4 Å². The average Bonchev–Trinajstić information content (AvgIpc) is 3.34. The summed E-state index contributed by atoms with van der Waals surface area (Å²) in [5.74, 6) is 1.02. The molecule has 0 aliphatic heterocycles. The Labute approximate surface area is 209 Å². The number of H-pyrrole nitrogens is 1. The second kappa shape index (κ2) is 10.9. The topological polar surface area (TPSA) is 51.3 Å². The summed E-state index contributed by atoms with van der Waals surface area (Å²) in [5, 5.41) is 0.686. The molecule has 0 bridgehead atoms. The van der Waals surface area contributed by atoms with Crippen molar-refractivity contribution in [1.29, 1.82) is 0 Å². The first-order valence-corrected chi connectivity index (χ1v) is 11.9. The first-order chi connectivity index (χ1) is 17.6. The molecule has 1 heterocycles. The van der Waals surface area contributed by atoms with E-state index in [9.17, 15) is 9.18 Å². The molecule has 0 atom stereocenters. The fraction of sp³-hybridized carbons (Fsp3) is 0.129. The number of ketones is 1. The monoisotopic (exact) mass is 479 g/mol. The van der Waals surface area contributed by atoms with Gasteiger partial charge in [-0.15, -0.1) is 0 Å². The number of fused-ring (bicyclic) bond motifs is 1. The minimum Gasteiger partial charge on any atom is -0.489 e. The van der Waals surface area contributed by atoms with Crippen LogP contribution in [0.25, 0.3) is 10.9 Å². The Morgan fingerprint density at radius 2 is 1.31 bits per heavy atom. The van der Waals surface area contributed by atoms with E-state index < -0.39 is 0 Å². The standard InChI is InChI=1S/C31H26FNO3/c32-26-12-13-29-25(17-26)18-30(33-29)31(34)14-11-24-15-27(35-20-22-7-3-1-4-8-22)19-28(16-24)36-21-23-9-5-2-6-10-23/h1-10,12-13,15-19,33H,11,14,20-21H2. The Kier molecular flexibility index (Phi) is 7.08. The molecule has 1 aromatic heterocycles. The molecule has 4 aromatic carbocycles. The van der Waals surface area contributed by atoms with E-state index >= 15 is 0 Å². The molecule has 4 nitrogen and oxygen atoms in total. The van der Waals surface area contributed by atoms with E-state index in [1.807, 2.05) is 78.9 Å². The van der Waals surface area contributed by atoms with Crippen LogP contribution in [0.4, 0.5) is 4.39 Å². The highest BCUT2D eigenvalue weighted by Gasteiger charge is 2.12. The summed E-state index contributed by atoms with van der Waals surface area (Å²) in [6, 6.07) is 31.9. The van der Waals surface area contributed by atoms with Crippen LogP contribution in [0.5, 0.6) is 11.5 Å². The summed E-state index contributed by atoms with van der Waals surface area (Å²) in [6.45, 7) is 0.875. The van der Waals surface area contributed by atoms with Crippen LogP contribution in [0.1, 0.15) is 33.6 Å². The molecule has 5 aromatic rings. The molecule has 5 rings (SSSR count). The van der Waals surface area contributed by atoms with Crippen LogP contribution >= 0.6 is 0 Å². The van der Waals surface area contributed by atoms with E-state index in [0.717, 1.165) is 22.2 Å². The molecule has 0 unspecified atom stereocenters. The Hall–Kier alpha value is -4.38. The SMILES string of the molecule is O=C(CCc1cc(OCc2ccccc2)cc(OCc2ccccc2)c1)c1cc2cc(F)ccc2[nH]1. The van der Waals surface area contributed by atoms with E-state index in [2.05, 4.69) is 4.98 Å². The molecule has 36 heavy (non-hydrogen) atoms. The van der Waals surface area contributed by atoms with Gasteiger partial charge in [-0.25, -0.2) is 4.39 Å². The van der Waals surface area contributed by atoms with Gasteiger partial charge in [-0.2, -0.15) is 0 Å². The number of ether oxygens (including phenoxy) is 2. The van der Waals surface area contributed by atoms with Crippen molar-refractivity contribution in [3.63, 3.8) is 0 Å². The average molecular weight is 480 g/mol. The van der Waals surface area contributed by atoms with Crippen molar-refractivity contribution in [2.45, 2.75) is 26.1 Å². The van der Waals surface area contributed by atoms with Crippen LogP contribution in [0.15, 0.2) is 103 Å². The van der Waals surface area contributed by atoms with Gasteiger partial charge in [0.05, 0.1) is 5.69 Å². The number of aryl methyl sites for hydroxylation is 1. The van der Waals surface area contributed by atoms with Gasteiger partial charge in [-0.3, -0.25) is 4.79 Å². The molecule has 1 N–H and O–H groups in total. The third kappa shape index (κ3) is 5.99. The quantitative estimate of drug-likeness (QED) is 0.214. The van der Waals surface area contributed by atoms with Crippen molar-refractivity contribution in [2.75, 3.05) is 0 Å². The predicted octanol–water partition coefficient (Wildman–Crippen LogP) is 7.28. The maximum Gasteiger partial charge on any atom is 0.179 e. The Balaban J connectivity index is 1.30. The summed E-state index contributed by atoms with van der Waals surface area (Å²) < 4.78 is 25.6. The van der Waals surface area contributed by atoms with Crippen LogP contribution < -0.4 is 9.47 Å². The van der Waals surface area contributed by atoms with E-state index in [-0.39, 0.29) is 11.6 Å². The summed E-state index contributed by atoms with van der Waals surface area (Å²) in [7, 11) is 0. The molecule has 0 aliphatic carbocycles. The van der Waals surface area contributed by atoms with Crippen molar-refractivity contribution in [2.24, 2.45) is 0 Å². The van der Waals surface area contributed by atoms with Crippen LogP contribution in [0.2, 0.25) is 0 Å². The highest BCUT2D eigenvalue weighted by atomic mass is 19.1. The molecule has 180 valence electrons. The highest BCUT2D eigenvalue weighted by Crippen LogP contribution is 2.26. The van der Waals surface area contributed by atoms with Crippen molar-refractivity contribution in [3.8, 4) is 11.5 Å². The maximum atomic E-state index is 13.5. The second-order valence-corrected chi connectivity index (χ2v) is 8.70. The van der Waals surface area contributed by atoms with Crippen LogP contribution in [0.3, 0.4) is 0 Å². The first kappa shape index (κ1) is 23.4. The van der Waals surface area contributed by atoms with Gasteiger partial charge in [0.2, 0.25) is 0 Å². The fourth-order valence-corrected chi connectivity index (χ4v) is 4.07. The molecular weight excluding hydrogens is 453 g/mol. The summed E-state index contributed by atoms with van der Waals surface area (Å²) in [4.78, 5) is 16.0. The van der Waals surface area contributed by atoms with Gasteiger partial charge < -0.3 is 14.5 Å². The summed E-state index contributed by atoms with van der Waals surface area (Å²) >= 11 is 0. The largest absolute Gasteiger partial charge is 0.489 e. The number of aromatic nitrogens is 1. The van der Waals surface area contributed by atoms with Gasteiger partial charge in [0.25, 0.3) is 0 Å². The number of hydrogen-bond acceptors (Lipinski definition) is 3. The fourth-order valence-electron chi connectivity index (χ4n) is 4.07. The minimum absolute atomic E-state index is 0.0334. The summed E-state index contributed by atoms with van der Waals surface area (Å²) in [5.41, 5.74) is 4.31. The van der Waals surface area contributed by atoms with Gasteiger partial charge in [-0.1, -0.05) is 60.7 Å². The van der Waals surface area contributed by atoms with Crippen LogP contribution in [-0.4, -0.2) is 10.8 Å². The van der Waals surface area contributed by atoms with Gasteiger partial charge in [0.1, 0.15) is 30.5 Å². The van der Waals surface area contributed by atoms with Crippen LogP contribution in [0, 0.1) is 5.82 Å².